The normalized spacial score (nSPS) is 23.1. The lowest BCUT2D eigenvalue weighted by molar-refractivity contribution is -0.129. The fourth-order valence-electron chi connectivity index (χ4n) is 5.50. The molecule has 2 aromatic rings. The molecule has 0 N–H and O–H groups in total. The van der Waals surface area contributed by atoms with Gasteiger partial charge in [0.2, 0.25) is 5.91 Å². The Balaban J connectivity index is 1.21. The van der Waals surface area contributed by atoms with Crippen LogP contribution in [0.3, 0.4) is 0 Å². The molecule has 34 heavy (non-hydrogen) atoms. The van der Waals surface area contributed by atoms with Crippen molar-refractivity contribution in [1.29, 1.82) is 0 Å². The number of piperidine rings is 2. The maximum Gasteiger partial charge on any atom is 0.254 e. The van der Waals surface area contributed by atoms with E-state index >= 15 is 0 Å². The van der Waals surface area contributed by atoms with Gasteiger partial charge in [-0.05, 0) is 61.1 Å². The van der Waals surface area contributed by atoms with Crippen molar-refractivity contribution >= 4 is 23.6 Å². The number of benzene rings is 2. The zero-order valence-corrected chi connectivity index (χ0v) is 19.6. The first kappa shape index (κ1) is 22.7. The molecule has 3 saturated heterocycles. The monoisotopic (exact) mass is 459 g/mol. The van der Waals surface area contributed by atoms with Gasteiger partial charge in [-0.15, -0.1) is 0 Å². The number of amides is 2. The van der Waals surface area contributed by atoms with E-state index in [0.29, 0.717) is 12.5 Å². The second-order valence-electron chi connectivity index (χ2n) is 9.43. The Morgan fingerprint density at radius 3 is 2.41 bits per heavy atom. The number of hydrogen-bond acceptors (Lipinski definition) is 4. The maximum atomic E-state index is 13.4. The van der Waals surface area contributed by atoms with Crippen molar-refractivity contribution in [3.63, 3.8) is 0 Å². The number of carbonyl (C=O) groups is 2. The standard InChI is InChI=1S/C28H33N3O3/c32-27(13-8-22-5-2-1-3-6-22)30-16-14-26-24(21-30)7-4-15-31(26)28(33)23-9-11-25(12-10-23)29-17-19-34-20-18-29/h1-3,5-6,8-13,24,26H,4,7,14-21H2/b13-8+/t24-,26+/m1/s1. The summed E-state index contributed by atoms with van der Waals surface area (Å²) in [6.07, 6.45) is 6.45. The smallest absolute Gasteiger partial charge is 0.254 e. The van der Waals surface area contributed by atoms with Crippen LogP contribution in [0.4, 0.5) is 5.69 Å². The number of carbonyl (C=O) groups excluding carboxylic acids is 2. The van der Waals surface area contributed by atoms with E-state index in [2.05, 4.69) is 21.9 Å². The lowest BCUT2D eigenvalue weighted by Crippen LogP contribution is -2.56. The molecule has 3 aliphatic heterocycles. The van der Waals surface area contributed by atoms with E-state index in [1.807, 2.05) is 53.4 Å². The van der Waals surface area contributed by atoms with Crippen LogP contribution in [-0.4, -0.2) is 73.6 Å². The molecule has 0 spiro atoms. The molecule has 2 aromatic carbocycles. The minimum Gasteiger partial charge on any atom is -0.378 e. The maximum absolute atomic E-state index is 13.4. The van der Waals surface area contributed by atoms with Crippen molar-refractivity contribution in [2.45, 2.75) is 25.3 Å². The molecule has 178 valence electrons. The Morgan fingerprint density at radius 1 is 0.882 bits per heavy atom. The summed E-state index contributed by atoms with van der Waals surface area (Å²) in [5.74, 6) is 0.518. The highest BCUT2D eigenvalue weighted by atomic mass is 16.5. The van der Waals surface area contributed by atoms with Gasteiger partial charge in [0.1, 0.15) is 0 Å². The van der Waals surface area contributed by atoms with Crippen LogP contribution in [-0.2, 0) is 9.53 Å². The summed E-state index contributed by atoms with van der Waals surface area (Å²) in [4.78, 5) is 32.5. The second kappa shape index (κ2) is 10.4. The molecule has 0 bridgehead atoms. The fraction of sp³-hybridized carbons (Fsp3) is 0.429. The SMILES string of the molecule is O=C(/C=C/c1ccccc1)N1CC[C@H]2[C@H](CCCN2C(=O)c2ccc(N3CCOCC3)cc2)C1. The van der Waals surface area contributed by atoms with E-state index in [9.17, 15) is 9.59 Å². The molecular formula is C28H33N3O3. The first-order chi connectivity index (χ1) is 16.7. The van der Waals surface area contributed by atoms with Crippen molar-refractivity contribution in [3.8, 4) is 0 Å². The summed E-state index contributed by atoms with van der Waals surface area (Å²) >= 11 is 0. The van der Waals surface area contributed by atoms with E-state index in [-0.39, 0.29) is 17.9 Å². The lowest BCUT2D eigenvalue weighted by Gasteiger charge is -2.47. The van der Waals surface area contributed by atoms with Gasteiger partial charge < -0.3 is 19.4 Å². The van der Waals surface area contributed by atoms with Gasteiger partial charge in [0, 0.05) is 56.1 Å². The summed E-state index contributed by atoms with van der Waals surface area (Å²) in [5, 5.41) is 0. The van der Waals surface area contributed by atoms with Crippen LogP contribution >= 0.6 is 0 Å². The van der Waals surface area contributed by atoms with E-state index in [1.165, 1.54) is 0 Å². The van der Waals surface area contributed by atoms with E-state index in [1.54, 1.807) is 6.08 Å². The van der Waals surface area contributed by atoms with Crippen molar-refractivity contribution in [3.05, 3.63) is 71.8 Å². The third-order valence-corrected chi connectivity index (χ3v) is 7.35. The number of fused-ring (bicyclic) bond motifs is 1. The van der Waals surface area contributed by atoms with Crippen LogP contribution in [0.1, 0.15) is 35.2 Å². The molecule has 0 aliphatic carbocycles. The van der Waals surface area contributed by atoms with Crippen LogP contribution < -0.4 is 4.90 Å². The van der Waals surface area contributed by atoms with Gasteiger partial charge in [-0.3, -0.25) is 9.59 Å². The molecule has 5 rings (SSSR count). The Kier molecular flexibility index (Phi) is 6.95. The highest BCUT2D eigenvalue weighted by Crippen LogP contribution is 2.32. The minimum atomic E-state index is 0.0597. The van der Waals surface area contributed by atoms with Crippen LogP contribution in [0, 0.1) is 5.92 Å². The number of nitrogens with zero attached hydrogens (tertiary/aromatic N) is 3. The van der Waals surface area contributed by atoms with Crippen molar-refractivity contribution in [1.82, 2.24) is 9.80 Å². The molecule has 6 heteroatoms. The Morgan fingerprint density at radius 2 is 1.65 bits per heavy atom. The van der Waals surface area contributed by atoms with Crippen LogP contribution in [0.15, 0.2) is 60.7 Å². The van der Waals surface area contributed by atoms with Crippen LogP contribution in [0.5, 0.6) is 0 Å². The van der Waals surface area contributed by atoms with Gasteiger partial charge in [-0.1, -0.05) is 30.3 Å². The summed E-state index contributed by atoms with van der Waals surface area (Å²) in [5.41, 5.74) is 2.92. The van der Waals surface area contributed by atoms with Gasteiger partial charge in [-0.25, -0.2) is 0 Å². The molecule has 2 amide bonds. The predicted octanol–water partition coefficient (Wildman–Crippen LogP) is 3.69. The fourth-order valence-corrected chi connectivity index (χ4v) is 5.50. The highest BCUT2D eigenvalue weighted by Gasteiger charge is 2.39. The zero-order valence-electron chi connectivity index (χ0n) is 19.6. The lowest BCUT2D eigenvalue weighted by atomic mass is 9.83. The summed E-state index contributed by atoms with van der Waals surface area (Å²) < 4.78 is 5.44. The summed E-state index contributed by atoms with van der Waals surface area (Å²) in [6.45, 7) is 5.49. The largest absolute Gasteiger partial charge is 0.378 e. The second-order valence-corrected chi connectivity index (χ2v) is 9.43. The first-order valence-electron chi connectivity index (χ1n) is 12.4. The van der Waals surface area contributed by atoms with Gasteiger partial charge >= 0.3 is 0 Å². The van der Waals surface area contributed by atoms with Crippen molar-refractivity contribution < 1.29 is 14.3 Å². The summed E-state index contributed by atoms with van der Waals surface area (Å²) in [6, 6.07) is 18.1. The van der Waals surface area contributed by atoms with Gasteiger partial charge in [0.05, 0.1) is 13.2 Å². The van der Waals surface area contributed by atoms with Gasteiger partial charge in [0.25, 0.3) is 5.91 Å². The number of likely N-dealkylation sites (tertiary alicyclic amines) is 2. The highest BCUT2D eigenvalue weighted by molar-refractivity contribution is 5.95. The Hall–Kier alpha value is -3.12. The number of hydrogen-bond donors (Lipinski definition) is 0. The van der Waals surface area contributed by atoms with Gasteiger partial charge in [-0.2, -0.15) is 0 Å². The molecule has 3 heterocycles. The number of ether oxygens (including phenoxy) is 1. The van der Waals surface area contributed by atoms with E-state index in [4.69, 9.17) is 4.74 Å². The molecule has 2 atom stereocenters. The topological polar surface area (TPSA) is 53.1 Å². The Bertz CT molecular complexity index is 1010. The van der Waals surface area contributed by atoms with Crippen molar-refractivity contribution in [2.75, 3.05) is 50.8 Å². The molecule has 0 saturated carbocycles. The molecular weight excluding hydrogens is 426 g/mol. The first-order valence-corrected chi connectivity index (χ1v) is 12.4. The number of anilines is 1. The third kappa shape index (κ3) is 5.02. The molecule has 0 radical (unpaired) electrons. The average Bonchev–Trinajstić information content (AvgIpc) is 2.92. The minimum absolute atomic E-state index is 0.0597. The third-order valence-electron chi connectivity index (χ3n) is 7.35. The van der Waals surface area contributed by atoms with Crippen LogP contribution in [0.25, 0.3) is 6.08 Å². The van der Waals surface area contributed by atoms with Gasteiger partial charge in [0.15, 0.2) is 0 Å². The molecule has 6 nitrogen and oxygen atoms in total. The number of rotatable bonds is 4. The van der Waals surface area contributed by atoms with Crippen LogP contribution in [0.2, 0.25) is 0 Å². The predicted molar refractivity (Wildman–Crippen MR) is 134 cm³/mol. The average molecular weight is 460 g/mol. The number of morpholine rings is 1. The molecule has 3 fully saturated rings. The van der Waals surface area contributed by atoms with E-state index < -0.39 is 0 Å². The quantitative estimate of drug-likeness (QED) is 0.655. The Labute approximate surface area is 201 Å². The molecule has 0 unspecified atom stereocenters. The van der Waals surface area contributed by atoms with Crippen molar-refractivity contribution in [2.24, 2.45) is 5.92 Å². The molecule has 0 aromatic heterocycles. The zero-order chi connectivity index (χ0) is 23.3. The summed E-state index contributed by atoms with van der Waals surface area (Å²) in [7, 11) is 0. The van der Waals surface area contributed by atoms with E-state index in [0.717, 1.165) is 75.5 Å². The molecule has 3 aliphatic rings.